The minimum atomic E-state index is 0.139. The Kier molecular flexibility index (Phi) is 7.70. The van der Waals surface area contributed by atoms with E-state index in [0.717, 1.165) is 31.4 Å². The van der Waals surface area contributed by atoms with E-state index >= 15 is 0 Å². The molecule has 1 heterocycles. The lowest BCUT2D eigenvalue weighted by molar-refractivity contribution is -0.126. The minimum absolute atomic E-state index is 0.139. The van der Waals surface area contributed by atoms with Crippen molar-refractivity contribution in [2.45, 2.75) is 46.5 Å². The van der Waals surface area contributed by atoms with Gasteiger partial charge in [0.05, 0.1) is 18.2 Å². The number of carbonyl (C=O) groups excluding carboxylic acids is 1. The Bertz CT molecular complexity index is 398. The highest BCUT2D eigenvalue weighted by molar-refractivity contribution is 5.79. The summed E-state index contributed by atoms with van der Waals surface area (Å²) >= 11 is 0. The monoisotopic (exact) mass is 277 g/mol. The van der Waals surface area contributed by atoms with Gasteiger partial charge in [0.1, 0.15) is 0 Å². The van der Waals surface area contributed by atoms with Gasteiger partial charge in [-0.3, -0.25) is 4.79 Å². The summed E-state index contributed by atoms with van der Waals surface area (Å²) in [4.78, 5) is 19.2. The van der Waals surface area contributed by atoms with Gasteiger partial charge >= 0.3 is 0 Å². The Labute approximate surface area is 122 Å². The molecule has 0 aromatic carbocycles. The maximum Gasteiger partial charge on any atom is 0.223 e. The number of aromatic nitrogens is 2. The second-order valence-corrected chi connectivity index (χ2v) is 5.29. The molecule has 2 unspecified atom stereocenters. The summed E-state index contributed by atoms with van der Waals surface area (Å²) in [5.41, 5.74) is 0.948. The number of aromatic amines is 1. The number of unbranched alkanes of at least 4 members (excludes halogenated alkanes) is 1. The third-order valence-corrected chi connectivity index (χ3v) is 3.75. The van der Waals surface area contributed by atoms with E-state index in [0.29, 0.717) is 12.5 Å². The van der Waals surface area contributed by atoms with Crippen LogP contribution in [0.15, 0.2) is 18.6 Å². The molecule has 2 atom stereocenters. The molecule has 0 saturated carbocycles. The molecule has 1 rings (SSSR count). The molecule has 1 amide bonds. The number of H-pyrrole nitrogens is 1. The Balaban J connectivity index is 2.40. The third kappa shape index (κ3) is 5.59. The molecule has 4 nitrogen and oxygen atoms in total. The number of nitrogens with zero attached hydrogens (tertiary/aromatic N) is 1. The quantitative estimate of drug-likeness (QED) is 0.727. The molecule has 0 fully saturated rings. The van der Waals surface area contributed by atoms with Crippen molar-refractivity contribution >= 4 is 12.0 Å². The summed E-state index contributed by atoms with van der Waals surface area (Å²) in [6.45, 7) is 7.05. The van der Waals surface area contributed by atoms with Gasteiger partial charge < -0.3 is 10.3 Å². The molecule has 0 radical (unpaired) electrons. The van der Waals surface area contributed by atoms with E-state index in [9.17, 15) is 4.79 Å². The number of amides is 1. The van der Waals surface area contributed by atoms with E-state index in [1.165, 1.54) is 0 Å². The van der Waals surface area contributed by atoms with Gasteiger partial charge in [-0.15, -0.1) is 0 Å². The van der Waals surface area contributed by atoms with Crippen molar-refractivity contribution < 1.29 is 4.79 Å². The molecular weight excluding hydrogens is 250 g/mol. The molecule has 112 valence electrons. The van der Waals surface area contributed by atoms with Crippen LogP contribution in [0.3, 0.4) is 0 Å². The summed E-state index contributed by atoms with van der Waals surface area (Å²) < 4.78 is 0. The molecule has 4 heteroatoms. The van der Waals surface area contributed by atoms with Crippen LogP contribution < -0.4 is 5.32 Å². The van der Waals surface area contributed by atoms with Crippen LogP contribution in [-0.4, -0.2) is 22.4 Å². The fraction of sp³-hybridized carbons (Fsp3) is 0.625. The molecule has 2 N–H and O–H groups in total. The standard InChI is InChI=1S/C16H27N3O/c1-4-6-9-15(13(3)5-2)16(20)18-10-7-8-14-11-17-12-19-14/h7-8,11-13,15H,4-6,9-10H2,1-3H3,(H,17,19)(H,18,20)/b8-7+. The van der Waals surface area contributed by atoms with Crippen LogP contribution >= 0.6 is 0 Å². The van der Waals surface area contributed by atoms with E-state index in [1.54, 1.807) is 12.5 Å². The van der Waals surface area contributed by atoms with Crippen LogP contribution in [0.2, 0.25) is 0 Å². The van der Waals surface area contributed by atoms with Gasteiger partial charge in [-0.1, -0.05) is 46.1 Å². The summed E-state index contributed by atoms with van der Waals surface area (Å²) in [6.07, 6.45) is 11.6. The van der Waals surface area contributed by atoms with E-state index in [2.05, 4.69) is 36.1 Å². The molecule has 1 aromatic heterocycles. The maximum atomic E-state index is 12.2. The van der Waals surface area contributed by atoms with Crippen molar-refractivity contribution in [3.05, 3.63) is 24.3 Å². The molecule has 0 aliphatic rings. The highest BCUT2D eigenvalue weighted by Gasteiger charge is 2.22. The Morgan fingerprint density at radius 2 is 2.30 bits per heavy atom. The topological polar surface area (TPSA) is 57.8 Å². The molecular formula is C16H27N3O. The lowest BCUT2D eigenvalue weighted by Crippen LogP contribution is -2.34. The van der Waals surface area contributed by atoms with Crippen molar-refractivity contribution in [3.8, 4) is 0 Å². The molecule has 20 heavy (non-hydrogen) atoms. The highest BCUT2D eigenvalue weighted by Crippen LogP contribution is 2.21. The predicted molar refractivity (Wildman–Crippen MR) is 83.1 cm³/mol. The lowest BCUT2D eigenvalue weighted by atomic mass is 9.87. The third-order valence-electron chi connectivity index (χ3n) is 3.75. The Morgan fingerprint density at radius 1 is 1.50 bits per heavy atom. The van der Waals surface area contributed by atoms with Gasteiger partial charge in [0.25, 0.3) is 0 Å². The Hall–Kier alpha value is -1.58. The normalized spacial score (nSPS) is 14.3. The fourth-order valence-corrected chi connectivity index (χ4v) is 2.22. The summed E-state index contributed by atoms with van der Waals surface area (Å²) in [6, 6.07) is 0. The number of hydrogen-bond donors (Lipinski definition) is 2. The lowest BCUT2D eigenvalue weighted by Gasteiger charge is -2.21. The van der Waals surface area contributed by atoms with Crippen LogP contribution in [0.25, 0.3) is 6.08 Å². The second-order valence-electron chi connectivity index (χ2n) is 5.29. The zero-order valence-electron chi connectivity index (χ0n) is 12.9. The molecule has 0 aliphatic heterocycles. The van der Waals surface area contributed by atoms with Crippen molar-refractivity contribution in [2.24, 2.45) is 11.8 Å². The van der Waals surface area contributed by atoms with Gasteiger partial charge in [0.15, 0.2) is 0 Å². The number of hydrogen-bond acceptors (Lipinski definition) is 2. The van der Waals surface area contributed by atoms with Gasteiger partial charge in [-0.2, -0.15) is 0 Å². The smallest absolute Gasteiger partial charge is 0.223 e. The van der Waals surface area contributed by atoms with Crippen molar-refractivity contribution in [3.63, 3.8) is 0 Å². The zero-order valence-corrected chi connectivity index (χ0v) is 12.9. The molecule has 0 aliphatic carbocycles. The highest BCUT2D eigenvalue weighted by atomic mass is 16.1. The SMILES string of the molecule is CCCCC(C(=O)NC/C=C/c1cnc[nH]1)C(C)CC. The van der Waals surface area contributed by atoms with Crippen LogP contribution in [0.5, 0.6) is 0 Å². The largest absolute Gasteiger partial charge is 0.352 e. The number of carbonyl (C=O) groups is 1. The zero-order chi connectivity index (χ0) is 14.8. The summed E-state index contributed by atoms with van der Waals surface area (Å²) in [5, 5.41) is 3.01. The molecule has 0 bridgehead atoms. The first-order valence-electron chi connectivity index (χ1n) is 7.61. The fourth-order valence-electron chi connectivity index (χ4n) is 2.22. The average molecular weight is 277 g/mol. The Morgan fingerprint density at radius 3 is 2.90 bits per heavy atom. The maximum absolute atomic E-state index is 12.2. The van der Waals surface area contributed by atoms with Crippen molar-refractivity contribution in [1.29, 1.82) is 0 Å². The number of imidazole rings is 1. The first kappa shape index (κ1) is 16.5. The van der Waals surface area contributed by atoms with E-state index in [-0.39, 0.29) is 11.8 Å². The average Bonchev–Trinajstić information content (AvgIpc) is 2.96. The minimum Gasteiger partial charge on any atom is -0.352 e. The van der Waals surface area contributed by atoms with Crippen LogP contribution in [0, 0.1) is 11.8 Å². The van der Waals surface area contributed by atoms with Gasteiger partial charge in [-0.05, 0) is 18.4 Å². The summed E-state index contributed by atoms with van der Waals surface area (Å²) in [5.74, 6) is 0.765. The first-order chi connectivity index (χ1) is 9.69. The molecule has 0 saturated heterocycles. The molecule has 1 aromatic rings. The van der Waals surface area contributed by atoms with E-state index in [4.69, 9.17) is 0 Å². The van der Waals surface area contributed by atoms with Crippen molar-refractivity contribution in [1.82, 2.24) is 15.3 Å². The first-order valence-corrected chi connectivity index (χ1v) is 7.61. The summed E-state index contributed by atoms with van der Waals surface area (Å²) in [7, 11) is 0. The van der Waals surface area contributed by atoms with Crippen molar-refractivity contribution in [2.75, 3.05) is 6.54 Å². The van der Waals surface area contributed by atoms with Gasteiger partial charge in [-0.25, -0.2) is 4.98 Å². The van der Waals surface area contributed by atoms with Crippen LogP contribution in [0.1, 0.15) is 52.1 Å². The van der Waals surface area contributed by atoms with Crippen LogP contribution in [0.4, 0.5) is 0 Å². The van der Waals surface area contributed by atoms with E-state index < -0.39 is 0 Å². The van der Waals surface area contributed by atoms with Crippen LogP contribution in [-0.2, 0) is 4.79 Å². The van der Waals surface area contributed by atoms with Gasteiger partial charge in [0, 0.05) is 12.5 Å². The van der Waals surface area contributed by atoms with E-state index in [1.807, 2.05) is 12.2 Å². The second kappa shape index (κ2) is 9.34. The number of nitrogens with one attached hydrogen (secondary N) is 2. The molecule has 0 spiro atoms. The predicted octanol–water partition coefficient (Wildman–Crippen LogP) is 3.39. The van der Waals surface area contributed by atoms with Gasteiger partial charge in [0.2, 0.25) is 5.91 Å². The number of rotatable bonds is 9.